The number of hydrogen-bond donors (Lipinski definition) is 3. The molecular formula is C23H24N4O4S. The van der Waals surface area contributed by atoms with Gasteiger partial charge >= 0.3 is 5.97 Å². The summed E-state index contributed by atoms with van der Waals surface area (Å²) < 4.78 is 5.70. The van der Waals surface area contributed by atoms with Crippen LogP contribution < -0.4 is 15.8 Å². The Morgan fingerprint density at radius 3 is 2.72 bits per heavy atom. The third kappa shape index (κ3) is 5.30. The van der Waals surface area contributed by atoms with E-state index in [-0.39, 0.29) is 11.7 Å². The standard InChI is InChI=1S/C23H24N4O4S/c1-14(18(23(29)31-2)11-15-6-5-7-16(10-15)21(24)25)26-22(28)20-12-17(13-32-20)19-8-3-4-9-27(19)30/h3-10,12-14,18H,11H2,1-2H3,(H3,24,25)(H,26,28)/t14-,18-/m1/s1. The van der Waals surface area contributed by atoms with Gasteiger partial charge in [0.05, 0.1) is 23.5 Å². The van der Waals surface area contributed by atoms with Gasteiger partial charge in [-0.25, -0.2) is 0 Å². The molecule has 0 aliphatic rings. The number of esters is 1. The molecule has 1 aromatic carbocycles. The number of carbonyl (C=O) groups excluding carboxylic acids is 2. The molecule has 2 heterocycles. The summed E-state index contributed by atoms with van der Waals surface area (Å²) in [5.41, 5.74) is 8.02. The van der Waals surface area contributed by atoms with Crippen LogP contribution in [0.15, 0.2) is 60.1 Å². The van der Waals surface area contributed by atoms with Gasteiger partial charge in [-0.15, -0.1) is 11.3 Å². The second-order valence-corrected chi connectivity index (χ2v) is 8.23. The number of nitrogens with two attached hydrogens (primary N) is 1. The number of amides is 1. The van der Waals surface area contributed by atoms with Crippen molar-refractivity contribution >= 4 is 29.0 Å². The number of rotatable bonds is 8. The van der Waals surface area contributed by atoms with E-state index < -0.39 is 17.9 Å². The van der Waals surface area contributed by atoms with Gasteiger partial charge in [0.25, 0.3) is 5.91 Å². The zero-order valence-electron chi connectivity index (χ0n) is 17.7. The average Bonchev–Trinajstić information content (AvgIpc) is 3.27. The maximum atomic E-state index is 12.8. The molecule has 0 saturated heterocycles. The smallest absolute Gasteiger partial charge is 0.311 e. The Kier molecular flexibility index (Phi) is 7.21. The molecule has 8 nitrogen and oxygen atoms in total. The zero-order valence-corrected chi connectivity index (χ0v) is 18.5. The lowest BCUT2D eigenvalue weighted by atomic mass is 9.92. The minimum Gasteiger partial charge on any atom is -0.618 e. The Balaban J connectivity index is 1.75. The fourth-order valence-electron chi connectivity index (χ4n) is 3.36. The van der Waals surface area contributed by atoms with E-state index in [9.17, 15) is 14.8 Å². The number of nitrogens with one attached hydrogen (secondary N) is 2. The maximum absolute atomic E-state index is 12.8. The minimum absolute atomic E-state index is 0.0610. The summed E-state index contributed by atoms with van der Waals surface area (Å²) in [6.07, 6.45) is 1.71. The molecule has 0 aliphatic carbocycles. The Labute approximate surface area is 189 Å². The first-order chi connectivity index (χ1) is 15.3. The fourth-order valence-corrected chi connectivity index (χ4v) is 4.16. The van der Waals surface area contributed by atoms with Crippen LogP contribution >= 0.6 is 11.3 Å². The van der Waals surface area contributed by atoms with Crippen LogP contribution in [0.4, 0.5) is 0 Å². The molecule has 1 amide bonds. The van der Waals surface area contributed by atoms with Crippen LogP contribution in [0.25, 0.3) is 11.3 Å². The molecule has 32 heavy (non-hydrogen) atoms. The van der Waals surface area contributed by atoms with Crippen molar-refractivity contribution in [2.75, 3.05) is 7.11 Å². The van der Waals surface area contributed by atoms with Crippen LogP contribution in [-0.4, -0.2) is 30.9 Å². The predicted molar refractivity (Wildman–Crippen MR) is 122 cm³/mol. The molecule has 3 aromatic rings. The van der Waals surface area contributed by atoms with E-state index in [1.807, 2.05) is 6.07 Å². The van der Waals surface area contributed by atoms with Gasteiger partial charge in [-0.05, 0) is 37.1 Å². The van der Waals surface area contributed by atoms with E-state index >= 15 is 0 Å². The Bertz CT molecular complexity index is 1140. The fraction of sp³-hybridized carbons (Fsp3) is 0.217. The summed E-state index contributed by atoms with van der Waals surface area (Å²) in [4.78, 5) is 25.7. The van der Waals surface area contributed by atoms with Crippen LogP contribution in [-0.2, 0) is 16.0 Å². The lowest BCUT2D eigenvalue weighted by Crippen LogP contribution is -2.42. The van der Waals surface area contributed by atoms with Crippen molar-refractivity contribution < 1.29 is 19.1 Å². The SMILES string of the molecule is COC(=O)[C@H](Cc1cccc(C(=N)N)c1)[C@@H](C)NC(=O)c1cc(-c2cccc[n+]2[O-])cs1. The van der Waals surface area contributed by atoms with Gasteiger partial charge in [-0.3, -0.25) is 15.0 Å². The Hall–Kier alpha value is -3.72. The van der Waals surface area contributed by atoms with Gasteiger partial charge in [0.2, 0.25) is 5.69 Å². The van der Waals surface area contributed by atoms with Crippen molar-refractivity contribution in [1.29, 1.82) is 5.41 Å². The largest absolute Gasteiger partial charge is 0.618 e. The summed E-state index contributed by atoms with van der Waals surface area (Å²) in [6, 6.07) is 13.3. The lowest BCUT2D eigenvalue weighted by molar-refractivity contribution is -0.593. The minimum atomic E-state index is -0.636. The van der Waals surface area contributed by atoms with Crippen LogP contribution in [0.1, 0.15) is 27.7 Å². The average molecular weight is 453 g/mol. The molecule has 0 bridgehead atoms. The zero-order chi connectivity index (χ0) is 23.3. The number of hydrogen-bond acceptors (Lipinski definition) is 6. The first kappa shape index (κ1) is 23.0. The molecule has 3 rings (SSSR count). The summed E-state index contributed by atoms with van der Waals surface area (Å²) in [7, 11) is 1.31. The van der Waals surface area contributed by atoms with Crippen LogP contribution in [0, 0.1) is 16.5 Å². The second kappa shape index (κ2) is 10.1. The van der Waals surface area contributed by atoms with Crippen molar-refractivity contribution in [3.8, 4) is 11.3 Å². The number of methoxy groups -OCH3 is 1. The topological polar surface area (TPSA) is 132 Å². The number of benzene rings is 1. The molecule has 4 N–H and O–H groups in total. The van der Waals surface area contributed by atoms with Crippen molar-refractivity contribution in [1.82, 2.24) is 5.32 Å². The molecule has 0 fully saturated rings. The predicted octanol–water partition coefficient (Wildman–Crippen LogP) is 2.48. The van der Waals surface area contributed by atoms with Gasteiger partial charge in [0.15, 0.2) is 6.20 Å². The molecule has 0 saturated carbocycles. The second-order valence-electron chi connectivity index (χ2n) is 7.32. The van der Waals surface area contributed by atoms with Crippen LogP contribution in [0.3, 0.4) is 0 Å². The number of nitrogen functional groups attached to an aromatic ring is 1. The quantitative estimate of drug-likeness (QED) is 0.159. The third-order valence-electron chi connectivity index (χ3n) is 5.10. The molecule has 2 atom stereocenters. The number of ether oxygens (including phenoxy) is 1. The highest BCUT2D eigenvalue weighted by Gasteiger charge is 2.28. The summed E-state index contributed by atoms with van der Waals surface area (Å²) in [5.74, 6) is -1.49. The summed E-state index contributed by atoms with van der Waals surface area (Å²) in [5, 5.41) is 24.2. The number of amidine groups is 1. The number of thiophene rings is 1. The van der Waals surface area contributed by atoms with Gasteiger partial charge in [-0.1, -0.05) is 18.2 Å². The van der Waals surface area contributed by atoms with E-state index in [4.69, 9.17) is 15.9 Å². The van der Waals surface area contributed by atoms with E-state index in [0.29, 0.717) is 28.1 Å². The highest BCUT2D eigenvalue weighted by Crippen LogP contribution is 2.24. The van der Waals surface area contributed by atoms with E-state index in [1.54, 1.807) is 54.8 Å². The summed E-state index contributed by atoms with van der Waals surface area (Å²) in [6.45, 7) is 1.74. The molecule has 9 heteroatoms. The van der Waals surface area contributed by atoms with Gasteiger partial charge in [0, 0.05) is 29.1 Å². The molecular weight excluding hydrogens is 428 g/mol. The van der Waals surface area contributed by atoms with Gasteiger partial charge in [-0.2, -0.15) is 4.73 Å². The Morgan fingerprint density at radius 2 is 2.03 bits per heavy atom. The highest BCUT2D eigenvalue weighted by atomic mass is 32.1. The first-order valence-corrected chi connectivity index (χ1v) is 10.8. The first-order valence-electron chi connectivity index (χ1n) is 9.89. The van der Waals surface area contributed by atoms with E-state index in [2.05, 4.69) is 5.32 Å². The molecule has 0 unspecified atom stereocenters. The number of nitrogens with zero attached hydrogens (tertiary/aromatic N) is 1. The monoisotopic (exact) mass is 452 g/mol. The van der Waals surface area contributed by atoms with E-state index in [1.165, 1.54) is 24.6 Å². The molecule has 0 aliphatic heterocycles. The van der Waals surface area contributed by atoms with Gasteiger partial charge in [0.1, 0.15) is 5.84 Å². The molecule has 166 valence electrons. The van der Waals surface area contributed by atoms with Crippen molar-refractivity contribution in [2.45, 2.75) is 19.4 Å². The molecule has 0 radical (unpaired) electrons. The summed E-state index contributed by atoms with van der Waals surface area (Å²) >= 11 is 1.22. The number of carbonyl (C=O) groups is 2. The Morgan fingerprint density at radius 1 is 1.25 bits per heavy atom. The number of pyridine rings is 1. The normalized spacial score (nSPS) is 12.6. The lowest BCUT2D eigenvalue weighted by Gasteiger charge is -2.23. The number of aromatic nitrogens is 1. The van der Waals surface area contributed by atoms with Crippen molar-refractivity contribution in [2.24, 2.45) is 11.7 Å². The van der Waals surface area contributed by atoms with Crippen LogP contribution in [0.5, 0.6) is 0 Å². The maximum Gasteiger partial charge on any atom is 0.311 e. The highest BCUT2D eigenvalue weighted by molar-refractivity contribution is 7.12. The van der Waals surface area contributed by atoms with Crippen LogP contribution in [0.2, 0.25) is 0 Å². The van der Waals surface area contributed by atoms with Crippen molar-refractivity contribution in [3.05, 3.63) is 81.3 Å². The van der Waals surface area contributed by atoms with Gasteiger partial charge < -0.3 is 21.0 Å². The van der Waals surface area contributed by atoms with E-state index in [0.717, 1.165) is 10.3 Å². The molecule has 0 spiro atoms. The van der Waals surface area contributed by atoms with Crippen molar-refractivity contribution in [3.63, 3.8) is 0 Å². The molecule has 2 aromatic heterocycles. The third-order valence-corrected chi connectivity index (χ3v) is 6.03.